The number of aliphatic carboxylic acids is 1. The number of halogens is 3. The number of carbonyl (C=O) groups is 3. The lowest BCUT2D eigenvalue weighted by molar-refractivity contribution is -0.266. The van der Waals surface area contributed by atoms with E-state index in [1.165, 1.54) is 0 Å². The molecule has 1 fully saturated rings. The standard InChI is InChI=1S/C14H14F3NO7/c1-24-12(22)13(23,14(15,16)17)8-5-7(6-19)25-10(8)18-4-2-3-9(18)11(20)21/h5-6,9,23H,2-4H2,1H3,(H,20,21)/t9-,13?/m0/s1. The van der Waals surface area contributed by atoms with Crippen LogP contribution in [0.1, 0.15) is 29.0 Å². The maximum Gasteiger partial charge on any atom is 0.432 e. The van der Waals surface area contributed by atoms with Gasteiger partial charge in [-0.2, -0.15) is 13.2 Å². The summed E-state index contributed by atoms with van der Waals surface area (Å²) in [6, 6.07) is -0.677. The van der Waals surface area contributed by atoms with Crippen LogP contribution in [0.4, 0.5) is 19.1 Å². The first kappa shape index (κ1) is 18.8. The Kier molecular flexibility index (Phi) is 4.80. The second-order valence-electron chi connectivity index (χ2n) is 5.37. The van der Waals surface area contributed by atoms with Gasteiger partial charge in [0.25, 0.3) is 5.60 Å². The van der Waals surface area contributed by atoms with Gasteiger partial charge in [-0.1, -0.05) is 0 Å². The zero-order chi connectivity index (χ0) is 19.0. The van der Waals surface area contributed by atoms with E-state index in [9.17, 15) is 37.8 Å². The molecule has 1 aliphatic rings. The third kappa shape index (κ3) is 2.95. The SMILES string of the molecule is COC(=O)C(O)(c1cc(C=O)oc1N1CCC[C@H]1C(=O)O)C(F)(F)F. The van der Waals surface area contributed by atoms with Gasteiger partial charge in [0.1, 0.15) is 6.04 Å². The van der Waals surface area contributed by atoms with Gasteiger partial charge in [0.2, 0.25) is 5.88 Å². The highest BCUT2D eigenvalue weighted by atomic mass is 19.4. The Labute approximate surface area is 138 Å². The van der Waals surface area contributed by atoms with Crippen LogP contribution in [0, 0.1) is 0 Å². The fourth-order valence-electron chi connectivity index (χ4n) is 2.72. The molecule has 0 spiro atoms. The number of hydrogen-bond acceptors (Lipinski definition) is 7. The number of rotatable bonds is 5. The molecule has 0 saturated carbocycles. The minimum absolute atomic E-state index is 0.00485. The molecule has 2 atom stereocenters. The molecule has 2 heterocycles. The number of carbonyl (C=O) groups excluding carboxylic acids is 2. The Balaban J connectivity index is 2.68. The van der Waals surface area contributed by atoms with Crippen molar-refractivity contribution in [2.45, 2.75) is 30.7 Å². The number of hydrogen-bond donors (Lipinski definition) is 2. The first-order valence-electron chi connectivity index (χ1n) is 7.04. The van der Waals surface area contributed by atoms with E-state index in [4.69, 9.17) is 4.42 Å². The first-order chi connectivity index (χ1) is 11.6. The van der Waals surface area contributed by atoms with E-state index in [-0.39, 0.29) is 19.3 Å². The van der Waals surface area contributed by atoms with Crippen LogP contribution in [0.3, 0.4) is 0 Å². The number of aldehydes is 1. The predicted molar refractivity (Wildman–Crippen MR) is 74.1 cm³/mol. The molecular weight excluding hydrogens is 351 g/mol. The van der Waals surface area contributed by atoms with Gasteiger partial charge < -0.3 is 24.3 Å². The number of carboxylic acid groups (broad SMARTS) is 1. The summed E-state index contributed by atoms with van der Waals surface area (Å²) in [7, 11) is 0.648. The van der Waals surface area contributed by atoms with Crippen LogP contribution < -0.4 is 4.90 Å². The van der Waals surface area contributed by atoms with Gasteiger partial charge in [0.15, 0.2) is 12.0 Å². The van der Waals surface area contributed by atoms with Gasteiger partial charge in [-0.15, -0.1) is 0 Å². The van der Waals surface area contributed by atoms with E-state index in [0.29, 0.717) is 19.6 Å². The Morgan fingerprint density at radius 1 is 1.44 bits per heavy atom. The number of carboxylic acids is 1. The highest BCUT2D eigenvalue weighted by Crippen LogP contribution is 2.46. The van der Waals surface area contributed by atoms with Crippen molar-refractivity contribution in [2.24, 2.45) is 0 Å². The highest BCUT2D eigenvalue weighted by molar-refractivity contribution is 5.87. The molecule has 1 aromatic heterocycles. The zero-order valence-electron chi connectivity index (χ0n) is 12.9. The normalized spacial score (nSPS) is 20.2. The average Bonchev–Trinajstić information content (AvgIpc) is 3.18. The van der Waals surface area contributed by atoms with E-state index in [1.807, 2.05) is 0 Å². The van der Waals surface area contributed by atoms with Gasteiger partial charge in [-0.25, -0.2) is 9.59 Å². The monoisotopic (exact) mass is 365 g/mol. The molecule has 1 saturated heterocycles. The maximum atomic E-state index is 13.4. The van der Waals surface area contributed by atoms with Crippen molar-refractivity contribution in [1.29, 1.82) is 0 Å². The maximum absolute atomic E-state index is 13.4. The number of methoxy groups -OCH3 is 1. The molecule has 0 aromatic carbocycles. The van der Waals surface area contributed by atoms with Crippen molar-refractivity contribution in [3.05, 3.63) is 17.4 Å². The van der Waals surface area contributed by atoms with Crippen LogP contribution >= 0.6 is 0 Å². The minimum Gasteiger partial charge on any atom is -0.480 e. The Morgan fingerprint density at radius 3 is 2.56 bits per heavy atom. The largest absolute Gasteiger partial charge is 0.480 e. The van der Waals surface area contributed by atoms with Crippen LogP contribution in [0.2, 0.25) is 0 Å². The fraction of sp³-hybridized carbons (Fsp3) is 0.500. The molecule has 2 N–H and O–H groups in total. The average molecular weight is 365 g/mol. The van der Waals surface area contributed by atoms with Crippen LogP contribution in [0.25, 0.3) is 0 Å². The summed E-state index contributed by atoms with van der Waals surface area (Å²) in [5.74, 6) is -4.67. The van der Waals surface area contributed by atoms with Gasteiger partial charge in [-0.05, 0) is 18.9 Å². The van der Waals surface area contributed by atoms with Crippen LogP contribution in [0.5, 0.6) is 0 Å². The minimum atomic E-state index is -5.50. The summed E-state index contributed by atoms with van der Waals surface area (Å²) in [4.78, 5) is 34.9. The van der Waals surface area contributed by atoms with Gasteiger partial charge in [0.05, 0.1) is 12.7 Å². The van der Waals surface area contributed by atoms with Crippen molar-refractivity contribution >= 4 is 24.1 Å². The molecule has 0 bridgehead atoms. The van der Waals surface area contributed by atoms with E-state index < -0.39 is 47.0 Å². The quantitative estimate of drug-likeness (QED) is 0.588. The smallest absolute Gasteiger partial charge is 0.432 e. The van der Waals surface area contributed by atoms with Crippen molar-refractivity contribution in [3.63, 3.8) is 0 Å². The van der Waals surface area contributed by atoms with Crippen molar-refractivity contribution < 1.29 is 46.9 Å². The van der Waals surface area contributed by atoms with Crippen LogP contribution in [0.15, 0.2) is 10.5 Å². The summed E-state index contributed by atoms with van der Waals surface area (Å²) in [5, 5.41) is 19.3. The number of furan rings is 1. The molecule has 0 radical (unpaired) electrons. The van der Waals surface area contributed by atoms with Crippen molar-refractivity contribution in [1.82, 2.24) is 0 Å². The van der Waals surface area contributed by atoms with E-state index in [0.717, 1.165) is 4.90 Å². The van der Waals surface area contributed by atoms with Gasteiger partial charge in [-0.3, -0.25) is 4.79 Å². The molecule has 11 heteroatoms. The summed E-state index contributed by atoms with van der Waals surface area (Å²) >= 11 is 0. The number of anilines is 1. The number of alkyl halides is 3. The highest BCUT2D eigenvalue weighted by Gasteiger charge is 2.64. The van der Waals surface area contributed by atoms with Gasteiger partial charge in [0, 0.05) is 6.54 Å². The topological polar surface area (TPSA) is 117 Å². The second kappa shape index (κ2) is 6.39. The lowest BCUT2D eigenvalue weighted by Gasteiger charge is -2.30. The third-order valence-corrected chi connectivity index (χ3v) is 3.93. The fourth-order valence-corrected chi connectivity index (χ4v) is 2.72. The molecule has 1 aliphatic heterocycles. The van der Waals surface area contributed by atoms with Crippen LogP contribution in [-0.2, 0) is 19.9 Å². The first-order valence-corrected chi connectivity index (χ1v) is 7.04. The number of esters is 1. The zero-order valence-corrected chi connectivity index (χ0v) is 12.9. The molecule has 138 valence electrons. The number of ether oxygens (including phenoxy) is 1. The van der Waals surface area contributed by atoms with E-state index >= 15 is 0 Å². The molecule has 0 aliphatic carbocycles. The van der Waals surface area contributed by atoms with Crippen molar-refractivity contribution in [3.8, 4) is 0 Å². The predicted octanol–water partition coefficient (Wildman–Crippen LogP) is 1.07. The summed E-state index contributed by atoms with van der Waals surface area (Å²) in [6.07, 6.45) is -4.98. The number of nitrogens with zero attached hydrogens (tertiary/aromatic N) is 1. The van der Waals surface area contributed by atoms with E-state index in [1.54, 1.807) is 0 Å². The lowest BCUT2D eigenvalue weighted by atomic mass is 9.94. The van der Waals surface area contributed by atoms with Crippen molar-refractivity contribution in [2.75, 3.05) is 18.6 Å². The lowest BCUT2D eigenvalue weighted by Crippen LogP contribution is -2.50. The summed E-state index contributed by atoms with van der Waals surface area (Å²) in [6.45, 7) is 0.00485. The summed E-state index contributed by atoms with van der Waals surface area (Å²) in [5.41, 5.74) is -5.21. The van der Waals surface area contributed by atoms with E-state index in [2.05, 4.69) is 4.74 Å². The summed E-state index contributed by atoms with van der Waals surface area (Å²) < 4.78 is 49.4. The molecule has 2 rings (SSSR count). The Bertz CT molecular complexity index is 699. The molecule has 1 aromatic rings. The number of aliphatic hydroxyl groups is 1. The Morgan fingerprint density at radius 2 is 2.08 bits per heavy atom. The third-order valence-electron chi connectivity index (χ3n) is 3.93. The molecule has 25 heavy (non-hydrogen) atoms. The molecule has 0 amide bonds. The second-order valence-corrected chi connectivity index (χ2v) is 5.37. The molecule has 1 unspecified atom stereocenters. The molecule has 8 nitrogen and oxygen atoms in total. The molecular formula is C14H14F3NO7. The van der Waals surface area contributed by atoms with Gasteiger partial charge >= 0.3 is 18.1 Å². The Hall–Kier alpha value is -2.56. The van der Waals surface area contributed by atoms with Crippen LogP contribution in [-0.4, -0.2) is 54.3 Å².